The molecule has 6 saturated carbocycles. The monoisotopic (exact) mass is 680 g/mol. The van der Waals surface area contributed by atoms with Crippen molar-refractivity contribution in [3.8, 4) is 0 Å². The summed E-state index contributed by atoms with van der Waals surface area (Å²) in [5, 5.41) is 63.1. The molecule has 18 atom stereocenters. The molecule has 0 radical (unpaired) electrons. The third kappa shape index (κ3) is 5.23. The van der Waals surface area contributed by atoms with Crippen molar-refractivity contribution in [1.82, 2.24) is 0 Å². The van der Waals surface area contributed by atoms with Crippen LogP contribution in [0.1, 0.15) is 92.9 Å². The van der Waals surface area contributed by atoms with Gasteiger partial charge in [0.2, 0.25) is 0 Å². The number of carbonyl (C=O) groups is 1. The summed E-state index contributed by atoms with van der Waals surface area (Å²) in [5.74, 6) is 2.54. The number of ether oxygens (including phenoxy) is 1. The fourth-order valence-corrected chi connectivity index (χ4v) is 13.6. The summed E-state index contributed by atoms with van der Waals surface area (Å²) in [6.07, 6.45) is 16.4. The highest BCUT2D eigenvalue weighted by atomic mass is 16.6. The van der Waals surface area contributed by atoms with Gasteiger partial charge in [-0.2, -0.15) is 0 Å². The van der Waals surface area contributed by atoms with Gasteiger partial charge in [-0.25, -0.2) is 0 Å². The Morgan fingerprint density at radius 3 is 1.65 bits per heavy atom. The molecule has 0 heterocycles. The van der Waals surface area contributed by atoms with Gasteiger partial charge in [-0.05, 0) is 145 Å². The normalized spacial score (nSPS) is 55.1. The third-order valence-electron chi connectivity index (χ3n) is 16.2. The van der Waals surface area contributed by atoms with Gasteiger partial charge in [0.1, 0.15) is 17.6 Å². The first-order valence-electron chi connectivity index (χ1n) is 19.0. The SMILES string of the molecule is CC(=O)O[C@H]1[C@H](O)CC2C3C(CC[C@@]21C)[C@@]1(C)C=CC(O)=C[C@@H]1C[C@@H]3O.C[C@@H]1CC2C3C(CC[C@]2(C)[C@H]1O)[C@@]1(C)C=CC(O)=C[C@@H]1C[C@@H]3O. The molecule has 0 saturated heterocycles. The highest BCUT2D eigenvalue weighted by Gasteiger charge is 2.65. The quantitative estimate of drug-likeness (QED) is 0.181. The first-order chi connectivity index (χ1) is 22.9. The molecule has 8 aliphatic rings. The fourth-order valence-electron chi connectivity index (χ4n) is 13.6. The summed E-state index contributed by atoms with van der Waals surface area (Å²) in [6.45, 7) is 12.4. The number of carbonyl (C=O) groups excluding carboxylic acids is 1. The molecule has 0 spiro atoms. The summed E-state index contributed by atoms with van der Waals surface area (Å²) in [6, 6.07) is 0. The summed E-state index contributed by atoms with van der Waals surface area (Å²) in [7, 11) is 0. The highest BCUT2D eigenvalue weighted by Crippen LogP contribution is 2.67. The Hall–Kier alpha value is -2.13. The second-order valence-corrected chi connectivity index (χ2v) is 18.6. The number of rotatable bonds is 1. The molecule has 8 rings (SSSR count). The number of aliphatic hydroxyl groups is 6. The number of esters is 1. The first kappa shape index (κ1) is 35.3. The Morgan fingerprint density at radius 1 is 0.694 bits per heavy atom. The summed E-state index contributed by atoms with van der Waals surface area (Å²) in [5.41, 5.74) is -0.413. The van der Waals surface area contributed by atoms with Gasteiger partial charge in [-0.3, -0.25) is 4.79 Å². The Labute approximate surface area is 292 Å². The van der Waals surface area contributed by atoms with Crippen LogP contribution in [0.4, 0.5) is 0 Å². The lowest BCUT2D eigenvalue weighted by Crippen LogP contribution is -2.57. The highest BCUT2D eigenvalue weighted by molar-refractivity contribution is 5.66. The van der Waals surface area contributed by atoms with Crippen LogP contribution in [0.25, 0.3) is 0 Å². The molecule has 0 aromatic heterocycles. The maximum atomic E-state index is 11.6. The van der Waals surface area contributed by atoms with Crippen molar-refractivity contribution in [2.75, 3.05) is 0 Å². The van der Waals surface area contributed by atoms with Crippen LogP contribution in [0.2, 0.25) is 0 Å². The molecule has 0 amide bonds. The molecule has 0 aromatic rings. The standard InChI is InChI=1S/C21H30O5.C20H30O3/c1-11(22)26-19-17(25)10-15-18-14(5-7-21(15,19)3)20(2)6-4-13(23)8-12(20)9-16(18)24;1-11-8-15-17-14(5-7-20(15,3)18(11)23)19(2)6-4-13(21)9-12(19)10-16(17)22/h4,6,8,12,14-19,23-25H,5,7,9-10H2,1-3H3;4,6,9,11-12,14-18,21-23H,5,7-8,10H2,1-3H3/t12-,14?,15?,16+,17-,18?,19+,20+,21+;11-,12-,14?,15?,16+,17?,18+,19+,20+/m11/s1. The predicted molar refractivity (Wildman–Crippen MR) is 186 cm³/mol. The van der Waals surface area contributed by atoms with Crippen LogP contribution in [0, 0.1) is 74.9 Å². The zero-order valence-electron chi connectivity index (χ0n) is 30.2. The lowest BCUT2D eigenvalue weighted by Gasteiger charge is -2.59. The third-order valence-corrected chi connectivity index (χ3v) is 16.2. The van der Waals surface area contributed by atoms with Gasteiger partial charge < -0.3 is 35.4 Å². The second-order valence-electron chi connectivity index (χ2n) is 18.6. The Balaban J connectivity index is 0.000000155. The number of hydrogen-bond donors (Lipinski definition) is 6. The van der Waals surface area contributed by atoms with E-state index in [0.717, 1.165) is 38.5 Å². The minimum atomic E-state index is -0.670. The van der Waals surface area contributed by atoms with Gasteiger partial charge in [-0.15, -0.1) is 0 Å². The average Bonchev–Trinajstić information content (AvgIpc) is 3.42. The van der Waals surface area contributed by atoms with E-state index in [1.807, 2.05) is 18.2 Å². The molecule has 0 aliphatic heterocycles. The van der Waals surface area contributed by atoms with Crippen LogP contribution in [0.5, 0.6) is 0 Å². The lowest BCUT2D eigenvalue weighted by molar-refractivity contribution is -0.170. The molecule has 8 nitrogen and oxygen atoms in total. The zero-order valence-corrected chi connectivity index (χ0v) is 30.2. The van der Waals surface area contributed by atoms with Crippen LogP contribution in [-0.2, 0) is 9.53 Å². The Morgan fingerprint density at radius 2 is 1.16 bits per heavy atom. The van der Waals surface area contributed by atoms with Crippen LogP contribution >= 0.6 is 0 Å². The van der Waals surface area contributed by atoms with Crippen LogP contribution < -0.4 is 0 Å². The van der Waals surface area contributed by atoms with Gasteiger partial charge in [0.05, 0.1) is 24.4 Å². The van der Waals surface area contributed by atoms with Crippen molar-refractivity contribution in [3.63, 3.8) is 0 Å². The van der Waals surface area contributed by atoms with Crippen molar-refractivity contribution in [2.24, 2.45) is 74.9 Å². The molecule has 8 heteroatoms. The van der Waals surface area contributed by atoms with E-state index >= 15 is 0 Å². The predicted octanol–water partition coefficient (Wildman–Crippen LogP) is 6.16. The molecule has 6 fully saturated rings. The van der Waals surface area contributed by atoms with Gasteiger partial charge >= 0.3 is 5.97 Å². The fraction of sp³-hybridized carbons (Fsp3) is 0.780. The van der Waals surface area contributed by atoms with Crippen molar-refractivity contribution in [1.29, 1.82) is 0 Å². The number of allylic oxidation sites excluding steroid dienone is 6. The van der Waals surface area contributed by atoms with E-state index in [9.17, 15) is 35.4 Å². The molecule has 49 heavy (non-hydrogen) atoms. The van der Waals surface area contributed by atoms with Gasteiger partial charge in [-0.1, -0.05) is 46.8 Å². The van der Waals surface area contributed by atoms with E-state index in [4.69, 9.17) is 4.74 Å². The summed E-state index contributed by atoms with van der Waals surface area (Å²) in [4.78, 5) is 11.6. The topological polar surface area (TPSA) is 148 Å². The van der Waals surface area contributed by atoms with Gasteiger partial charge in [0, 0.05) is 12.3 Å². The molecule has 0 aromatic carbocycles. The molecular weight excluding hydrogens is 620 g/mol. The molecule has 8 aliphatic carbocycles. The number of aliphatic hydroxyl groups excluding tert-OH is 6. The van der Waals surface area contributed by atoms with Crippen LogP contribution in [0.15, 0.2) is 48.0 Å². The maximum absolute atomic E-state index is 11.6. The minimum absolute atomic E-state index is 0.0221. The Kier molecular flexibility index (Phi) is 8.61. The zero-order chi connectivity index (χ0) is 35.4. The molecule has 6 N–H and O–H groups in total. The van der Waals surface area contributed by atoms with Crippen molar-refractivity contribution >= 4 is 5.97 Å². The minimum Gasteiger partial charge on any atom is -0.508 e. The van der Waals surface area contributed by atoms with E-state index < -0.39 is 18.3 Å². The summed E-state index contributed by atoms with van der Waals surface area (Å²) < 4.78 is 5.53. The van der Waals surface area contributed by atoms with E-state index in [-0.39, 0.29) is 75.2 Å². The Bertz CT molecular complexity index is 1450. The molecular formula is C41H60O8. The van der Waals surface area contributed by atoms with E-state index in [0.29, 0.717) is 42.3 Å². The average molecular weight is 681 g/mol. The van der Waals surface area contributed by atoms with Crippen molar-refractivity contribution in [3.05, 3.63) is 48.0 Å². The maximum Gasteiger partial charge on any atom is 0.303 e. The molecule has 6 unspecified atom stereocenters. The second kappa shape index (κ2) is 12.0. The van der Waals surface area contributed by atoms with E-state index in [1.54, 1.807) is 6.08 Å². The van der Waals surface area contributed by atoms with E-state index in [2.05, 4.69) is 46.8 Å². The number of hydrogen-bond acceptors (Lipinski definition) is 8. The molecule has 0 bridgehead atoms. The van der Waals surface area contributed by atoms with E-state index in [1.165, 1.54) is 6.92 Å². The van der Waals surface area contributed by atoms with Crippen LogP contribution in [0.3, 0.4) is 0 Å². The van der Waals surface area contributed by atoms with Crippen LogP contribution in [-0.4, -0.2) is 67.1 Å². The first-order valence-corrected chi connectivity index (χ1v) is 19.0. The van der Waals surface area contributed by atoms with Crippen molar-refractivity contribution in [2.45, 2.75) is 123 Å². The molecule has 272 valence electrons. The largest absolute Gasteiger partial charge is 0.508 e. The smallest absolute Gasteiger partial charge is 0.303 e. The van der Waals surface area contributed by atoms with Gasteiger partial charge in [0.15, 0.2) is 0 Å². The number of fused-ring (bicyclic) bond motifs is 10. The summed E-state index contributed by atoms with van der Waals surface area (Å²) >= 11 is 0. The van der Waals surface area contributed by atoms with Gasteiger partial charge in [0.25, 0.3) is 0 Å². The lowest BCUT2D eigenvalue weighted by atomic mass is 9.46. The van der Waals surface area contributed by atoms with Crippen molar-refractivity contribution < 1.29 is 40.2 Å².